The molecule has 0 unspecified atom stereocenters. The predicted molar refractivity (Wildman–Crippen MR) is 81.1 cm³/mol. The molecule has 102 valence electrons. The van der Waals surface area contributed by atoms with Gasteiger partial charge in [-0.05, 0) is 33.8 Å². The van der Waals surface area contributed by atoms with Crippen molar-refractivity contribution < 1.29 is 9.90 Å². The second kappa shape index (κ2) is 6.58. The van der Waals surface area contributed by atoms with Gasteiger partial charge in [0.05, 0.1) is 12.3 Å². The first-order valence-electron chi connectivity index (χ1n) is 5.72. The lowest BCUT2D eigenvalue weighted by Crippen LogP contribution is -2.06. The third kappa shape index (κ3) is 3.61. The van der Waals surface area contributed by atoms with E-state index in [0.29, 0.717) is 0 Å². The van der Waals surface area contributed by atoms with Crippen molar-refractivity contribution in [1.82, 2.24) is 9.55 Å². The number of rotatable bonds is 6. The average Bonchev–Trinajstić information content (AvgIpc) is 2.95. The minimum absolute atomic E-state index is 0.0335. The van der Waals surface area contributed by atoms with Crippen LogP contribution in [0.4, 0.5) is 0 Å². The number of imidazole rings is 1. The van der Waals surface area contributed by atoms with Crippen molar-refractivity contribution in [2.45, 2.75) is 25.0 Å². The molecule has 7 heteroatoms. The highest BCUT2D eigenvalue weighted by atomic mass is 79.9. The standard InChI is InChI=1S/C12H13BrN2O2S2/c1-2-8-5-14-12(19-7-11(16)17)15(8)6-10-9(13)3-4-18-10/h3-5H,2,6-7H2,1H3,(H,16,17). The highest BCUT2D eigenvalue weighted by Gasteiger charge is 2.13. The van der Waals surface area contributed by atoms with E-state index >= 15 is 0 Å². The van der Waals surface area contributed by atoms with E-state index in [-0.39, 0.29) is 5.75 Å². The van der Waals surface area contributed by atoms with Crippen LogP contribution in [0.3, 0.4) is 0 Å². The van der Waals surface area contributed by atoms with Crippen molar-refractivity contribution in [1.29, 1.82) is 0 Å². The fourth-order valence-corrected chi connectivity index (χ4v) is 3.85. The molecule has 0 saturated carbocycles. The molecule has 0 fully saturated rings. The summed E-state index contributed by atoms with van der Waals surface area (Å²) in [5.74, 6) is -0.791. The van der Waals surface area contributed by atoms with E-state index < -0.39 is 5.97 Å². The third-order valence-electron chi connectivity index (χ3n) is 2.58. The second-order valence-corrected chi connectivity index (χ2v) is 6.64. The van der Waals surface area contributed by atoms with Crippen LogP contribution in [0.5, 0.6) is 0 Å². The molecule has 0 aromatic carbocycles. The number of carbonyl (C=O) groups is 1. The molecule has 4 nitrogen and oxygen atoms in total. The van der Waals surface area contributed by atoms with E-state index in [4.69, 9.17) is 5.11 Å². The first-order chi connectivity index (χ1) is 9.11. The summed E-state index contributed by atoms with van der Waals surface area (Å²) < 4.78 is 3.17. The summed E-state index contributed by atoms with van der Waals surface area (Å²) in [5, 5.41) is 11.6. The van der Waals surface area contributed by atoms with Crippen molar-refractivity contribution in [2.75, 3.05) is 5.75 Å². The van der Waals surface area contributed by atoms with Crippen molar-refractivity contribution in [2.24, 2.45) is 0 Å². The first-order valence-corrected chi connectivity index (χ1v) is 8.38. The van der Waals surface area contributed by atoms with Gasteiger partial charge in [0.1, 0.15) is 0 Å². The van der Waals surface area contributed by atoms with Gasteiger partial charge in [0.2, 0.25) is 0 Å². The molecule has 2 heterocycles. The molecule has 0 aliphatic heterocycles. The van der Waals surface area contributed by atoms with E-state index in [9.17, 15) is 4.79 Å². The Morgan fingerprint density at radius 2 is 2.42 bits per heavy atom. The molecule has 0 spiro atoms. The Morgan fingerprint density at radius 3 is 3.00 bits per heavy atom. The molecule has 0 bridgehead atoms. The maximum absolute atomic E-state index is 10.7. The minimum atomic E-state index is -0.824. The van der Waals surface area contributed by atoms with Gasteiger partial charge in [-0.1, -0.05) is 18.7 Å². The lowest BCUT2D eigenvalue weighted by Gasteiger charge is -2.09. The third-order valence-corrected chi connectivity index (χ3v) is 5.47. The Labute approximate surface area is 128 Å². The molecule has 0 amide bonds. The summed E-state index contributed by atoms with van der Waals surface area (Å²) in [7, 11) is 0. The molecular weight excluding hydrogens is 348 g/mol. The molecular formula is C12H13BrN2O2S2. The smallest absolute Gasteiger partial charge is 0.313 e. The average molecular weight is 361 g/mol. The molecule has 2 aromatic rings. The first kappa shape index (κ1) is 14.6. The van der Waals surface area contributed by atoms with Gasteiger partial charge >= 0.3 is 5.97 Å². The molecule has 0 atom stereocenters. The van der Waals surface area contributed by atoms with Gasteiger partial charge < -0.3 is 9.67 Å². The van der Waals surface area contributed by atoms with E-state index in [2.05, 4.69) is 32.4 Å². The van der Waals surface area contributed by atoms with Crippen molar-refractivity contribution in [3.8, 4) is 0 Å². The summed E-state index contributed by atoms with van der Waals surface area (Å²) in [6.45, 7) is 2.80. The van der Waals surface area contributed by atoms with E-state index in [1.807, 2.05) is 17.6 Å². The number of carboxylic acid groups (broad SMARTS) is 1. The topological polar surface area (TPSA) is 55.1 Å². The van der Waals surface area contributed by atoms with Gasteiger partial charge in [-0.15, -0.1) is 11.3 Å². The molecule has 2 aromatic heterocycles. The van der Waals surface area contributed by atoms with Crippen molar-refractivity contribution in [3.05, 3.63) is 32.7 Å². The summed E-state index contributed by atoms with van der Waals surface area (Å²) in [6, 6.07) is 2.02. The Kier molecular flexibility index (Phi) is 5.06. The van der Waals surface area contributed by atoms with Gasteiger partial charge in [-0.25, -0.2) is 4.98 Å². The maximum Gasteiger partial charge on any atom is 0.313 e. The van der Waals surface area contributed by atoms with Gasteiger partial charge in [0, 0.05) is 21.2 Å². The van der Waals surface area contributed by atoms with Crippen molar-refractivity contribution in [3.63, 3.8) is 0 Å². The van der Waals surface area contributed by atoms with Gasteiger partial charge in [-0.2, -0.15) is 0 Å². The Bertz CT molecular complexity index is 580. The molecule has 19 heavy (non-hydrogen) atoms. The molecule has 0 saturated heterocycles. The Morgan fingerprint density at radius 1 is 1.63 bits per heavy atom. The van der Waals surface area contributed by atoms with Crippen LogP contribution in [0, 0.1) is 0 Å². The van der Waals surface area contributed by atoms with E-state index in [1.165, 1.54) is 16.6 Å². The molecule has 2 rings (SSSR count). The number of carboxylic acids is 1. The zero-order valence-corrected chi connectivity index (χ0v) is 13.5. The number of aryl methyl sites for hydroxylation is 1. The normalized spacial score (nSPS) is 10.8. The van der Waals surface area contributed by atoms with E-state index in [1.54, 1.807) is 11.3 Å². The summed E-state index contributed by atoms with van der Waals surface area (Å²) >= 11 is 6.46. The highest BCUT2D eigenvalue weighted by Crippen LogP contribution is 2.27. The quantitative estimate of drug-likeness (QED) is 0.801. The van der Waals surface area contributed by atoms with Crippen LogP contribution in [-0.2, 0) is 17.8 Å². The fraction of sp³-hybridized carbons (Fsp3) is 0.333. The summed E-state index contributed by atoms with van der Waals surface area (Å²) in [4.78, 5) is 16.2. The lowest BCUT2D eigenvalue weighted by molar-refractivity contribution is -0.133. The molecule has 0 aliphatic rings. The SMILES string of the molecule is CCc1cnc(SCC(=O)O)n1Cc1sccc1Br. The van der Waals surface area contributed by atoms with Gasteiger partial charge in [-0.3, -0.25) is 4.79 Å². The summed E-state index contributed by atoms with van der Waals surface area (Å²) in [6.07, 6.45) is 2.70. The predicted octanol–water partition coefficient (Wildman–Crippen LogP) is 3.49. The molecule has 0 radical (unpaired) electrons. The number of halogens is 1. The van der Waals surface area contributed by atoms with Gasteiger partial charge in [0.25, 0.3) is 0 Å². The second-order valence-electron chi connectivity index (χ2n) is 3.85. The van der Waals surface area contributed by atoms with E-state index in [0.717, 1.165) is 28.3 Å². The van der Waals surface area contributed by atoms with Crippen LogP contribution in [-0.4, -0.2) is 26.4 Å². The number of aromatic nitrogens is 2. The van der Waals surface area contributed by atoms with Crippen LogP contribution < -0.4 is 0 Å². The van der Waals surface area contributed by atoms with Crippen LogP contribution in [0.25, 0.3) is 0 Å². The molecule has 0 aliphatic carbocycles. The van der Waals surface area contributed by atoms with Crippen LogP contribution in [0.1, 0.15) is 17.5 Å². The maximum atomic E-state index is 10.7. The number of hydrogen-bond donors (Lipinski definition) is 1. The number of aliphatic carboxylic acids is 1. The highest BCUT2D eigenvalue weighted by molar-refractivity contribution is 9.10. The minimum Gasteiger partial charge on any atom is -0.481 e. The number of nitrogens with zero attached hydrogens (tertiary/aromatic N) is 2. The van der Waals surface area contributed by atoms with Crippen molar-refractivity contribution >= 4 is 45.0 Å². The van der Waals surface area contributed by atoms with Crippen LogP contribution in [0.2, 0.25) is 0 Å². The fourth-order valence-electron chi connectivity index (χ4n) is 1.67. The largest absolute Gasteiger partial charge is 0.481 e. The zero-order chi connectivity index (χ0) is 13.8. The van der Waals surface area contributed by atoms with Gasteiger partial charge in [0.15, 0.2) is 5.16 Å². The Balaban J connectivity index is 2.23. The number of hydrogen-bond acceptors (Lipinski definition) is 4. The number of thioether (sulfide) groups is 1. The Hall–Kier alpha value is -0.790. The van der Waals surface area contributed by atoms with Crippen LogP contribution in [0.15, 0.2) is 27.3 Å². The summed E-state index contributed by atoms with van der Waals surface area (Å²) in [5.41, 5.74) is 1.12. The monoisotopic (exact) mass is 360 g/mol. The lowest BCUT2D eigenvalue weighted by atomic mass is 10.3. The molecule has 1 N–H and O–H groups in total. The number of thiophene rings is 1. The van der Waals surface area contributed by atoms with Crippen LogP contribution >= 0.6 is 39.0 Å². The zero-order valence-electron chi connectivity index (χ0n) is 10.3.